The molecule has 0 saturated heterocycles. The van der Waals surface area contributed by atoms with Gasteiger partial charge in [0.15, 0.2) is 5.15 Å². The van der Waals surface area contributed by atoms with Crippen LogP contribution in [-0.2, 0) is 0 Å². The van der Waals surface area contributed by atoms with Gasteiger partial charge in [0.2, 0.25) is 0 Å². The van der Waals surface area contributed by atoms with Gasteiger partial charge >= 0.3 is 0 Å². The van der Waals surface area contributed by atoms with Crippen molar-refractivity contribution >= 4 is 57.4 Å². The van der Waals surface area contributed by atoms with Crippen molar-refractivity contribution in [1.82, 2.24) is 4.98 Å². The smallest absolute Gasteiger partial charge is 0.255 e. The van der Waals surface area contributed by atoms with Crippen LogP contribution in [0.25, 0.3) is 0 Å². The molecule has 1 aromatic carbocycles. The molecule has 2 rings (SSSR count). The molecule has 0 spiro atoms. The molecule has 1 amide bonds. The van der Waals surface area contributed by atoms with Crippen LogP contribution in [0.1, 0.15) is 15.9 Å². The Labute approximate surface area is 134 Å². The van der Waals surface area contributed by atoms with E-state index in [9.17, 15) is 4.79 Å². The standard InChI is InChI=1S/C13H9Cl2IN2O/c1-7-5-10(14)17-12(15)11(7)18-13(19)8-3-2-4-9(16)6-8/h2-6H,1H3,(H,18,19). The lowest BCUT2D eigenvalue weighted by Crippen LogP contribution is -2.13. The Hall–Kier alpha value is -0.850. The van der Waals surface area contributed by atoms with Crippen molar-refractivity contribution in [2.45, 2.75) is 6.92 Å². The summed E-state index contributed by atoms with van der Waals surface area (Å²) in [6.07, 6.45) is 0. The highest BCUT2D eigenvalue weighted by molar-refractivity contribution is 14.1. The maximum absolute atomic E-state index is 12.1. The van der Waals surface area contributed by atoms with Crippen LogP contribution in [0.15, 0.2) is 30.3 Å². The first-order chi connectivity index (χ1) is 8.97. The van der Waals surface area contributed by atoms with Crippen LogP contribution in [-0.4, -0.2) is 10.9 Å². The van der Waals surface area contributed by atoms with E-state index in [0.29, 0.717) is 16.4 Å². The number of nitrogens with zero attached hydrogens (tertiary/aromatic N) is 1. The summed E-state index contributed by atoms with van der Waals surface area (Å²) in [5, 5.41) is 3.24. The highest BCUT2D eigenvalue weighted by Gasteiger charge is 2.12. The largest absolute Gasteiger partial charge is 0.319 e. The zero-order valence-corrected chi connectivity index (χ0v) is 13.5. The first kappa shape index (κ1) is 14.6. The predicted molar refractivity (Wildman–Crippen MR) is 86.1 cm³/mol. The molecule has 0 bridgehead atoms. The van der Waals surface area contributed by atoms with Crippen molar-refractivity contribution in [2.24, 2.45) is 0 Å². The third-order valence-corrected chi connectivity index (χ3v) is 3.60. The first-order valence-corrected chi connectivity index (χ1v) is 7.20. The molecule has 0 saturated carbocycles. The second-order valence-electron chi connectivity index (χ2n) is 3.89. The number of rotatable bonds is 2. The van der Waals surface area contributed by atoms with Gasteiger partial charge in [0.25, 0.3) is 5.91 Å². The second kappa shape index (κ2) is 6.07. The zero-order valence-electron chi connectivity index (χ0n) is 9.88. The number of pyridine rings is 1. The van der Waals surface area contributed by atoms with Crippen molar-refractivity contribution < 1.29 is 4.79 Å². The molecule has 0 fully saturated rings. The van der Waals surface area contributed by atoms with Crippen molar-refractivity contribution in [1.29, 1.82) is 0 Å². The van der Waals surface area contributed by atoms with E-state index in [1.54, 1.807) is 18.2 Å². The number of anilines is 1. The van der Waals surface area contributed by atoms with E-state index >= 15 is 0 Å². The Morgan fingerprint density at radius 3 is 2.68 bits per heavy atom. The van der Waals surface area contributed by atoms with Crippen LogP contribution < -0.4 is 5.32 Å². The number of aromatic nitrogens is 1. The van der Waals surface area contributed by atoms with Gasteiger partial charge in [-0.1, -0.05) is 29.3 Å². The highest BCUT2D eigenvalue weighted by Crippen LogP contribution is 2.27. The van der Waals surface area contributed by atoms with Crippen LogP contribution in [0.3, 0.4) is 0 Å². The summed E-state index contributed by atoms with van der Waals surface area (Å²) in [7, 11) is 0. The molecule has 1 heterocycles. The quantitative estimate of drug-likeness (QED) is 0.587. The third kappa shape index (κ3) is 3.58. The molecule has 2 aromatic rings. The minimum atomic E-state index is -0.229. The van der Waals surface area contributed by atoms with E-state index in [1.807, 2.05) is 19.1 Å². The van der Waals surface area contributed by atoms with Gasteiger partial charge in [-0.2, -0.15) is 0 Å². The van der Waals surface area contributed by atoms with E-state index < -0.39 is 0 Å². The summed E-state index contributed by atoms with van der Waals surface area (Å²) >= 11 is 13.9. The summed E-state index contributed by atoms with van der Waals surface area (Å²) in [4.78, 5) is 16.0. The Balaban J connectivity index is 2.29. The molecule has 0 atom stereocenters. The summed E-state index contributed by atoms with van der Waals surface area (Å²) in [6, 6.07) is 8.93. The van der Waals surface area contributed by atoms with E-state index in [0.717, 1.165) is 9.13 Å². The summed E-state index contributed by atoms with van der Waals surface area (Å²) in [5.74, 6) is -0.229. The van der Waals surface area contributed by atoms with Gasteiger partial charge in [0.1, 0.15) is 5.15 Å². The first-order valence-electron chi connectivity index (χ1n) is 5.37. The second-order valence-corrected chi connectivity index (χ2v) is 5.88. The number of carbonyl (C=O) groups is 1. The molecule has 0 radical (unpaired) electrons. The molecule has 19 heavy (non-hydrogen) atoms. The Kier molecular flexibility index (Phi) is 4.65. The maximum atomic E-state index is 12.1. The topological polar surface area (TPSA) is 42.0 Å². The van der Waals surface area contributed by atoms with Crippen molar-refractivity contribution in [3.05, 3.63) is 55.3 Å². The summed E-state index contributed by atoms with van der Waals surface area (Å²) in [5.41, 5.74) is 1.82. The lowest BCUT2D eigenvalue weighted by atomic mass is 10.2. The van der Waals surface area contributed by atoms with E-state index in [1.165, 1.54) is 0 Å². The van der Waals surface area contributed by atoms with E-state index in [-0.39, 0.29) is 11.1 Å². The number of hydrogen-bond donors (Lipinski definition) is 1. The van der Waals surface area contributed by atoms with Crippen LogP contribution in [0.4, 0.5) is 5.69 Å². The molecule has 0 aliphatic rings. The van der Waals surface area contributed by atoms with Crippen molar-refractivity contribution in [3.8, 4) is 0 Å². The third-order valence-electron chi connectivity index (χ3n) is 2.47. The Morgan fingerprint density at radius 2 is 2.05 bits per heavy atom. The molecular weight excluding hydrogens is 398 g/mol. The molecular formula is C13H9Cl2IN2O. The predicted octanol–water partition coefficient (Wildman–Crippen LogP) is 4.55. The fourth-order valence-corrected chi connectivity index (χ4v) is 2.68. The lowest BCUT2D eigenvalue weighted by molar-refractivity contribution is 0.102. The number of nitrogens with one attached hydrogen (secondary N) is 1. The number of amides is 1. The van der Waals surface area contributed by atoms with Gasteiger partial charge in [0.05, 0.1) is 5.69 Å². The molecule has 0 unspecified atom stereocenters. The Morgan fingerprint density at radius 1 is 1.32 bits per heavy atom. The van der Waals surface area contributed by atoms with E-state index in [4.69, 9.17) is 23.2 Å². The molecule has 1 aromatic heterocycles. The number of halogens is 3. The maximum Gasteiger partial charge on any atom is 0.255 e. The molecule has 0 aliphatic carbocycles. The molecule has 3 nitrogen and oxygen atoms in total. The number of hydrogen-bond acceptors (Lipinski definition) is 2. The lowest BCUT2D eigenvalue weighted by Gasteiger charge is -2.10. The number of benzene rings is 1. The monoisotopic (exact) mass is 406 g/mol. The number of aryl methyl sites for hydroxylation is 1. The van der Waals surface area contributed by atoms with Crippen LogP contribution in [0.5, 0.6) is 0 Å². The zero-order chi connectivity index (χ0) is 14.0. The summed E-state index contributed by atoms with van der Waals surface area (Å²) in [6.45, 7) is 1.81. The number of carbonyl (C=O) groups excluding carboxylic acids is 1. The summed E-state index contributed by atoms with van der Waals surface area (Å²) < 4.78 is 0.988. The Bertz CT molecular complexity index is 623. The van der Waals surface area contributed by atoms with Gasteiger partial charge in [-0.05, 0) is 59.3 Å². The van der Waals surface area contributed by atoms with Gasteiger partial charge in [-0.25, -0.2) is 4.98 Å². The molecule has 6 heteroatoms. The van der Waals surface area contributed by atoms with Gasteiger partial charge in [-0.15, -0.1) is 0 Å². The van der Waals surface area contributed by atoms with Gasteiger partial charge < -0.3 is 5.32 Å². The molecule has 98 valence electrons. The minimum absolute atomic E-state index is 0.184. The van der Waals surface area contributed by atoms with Gasteiger partial charge in [0, 0.05) is 9.13 Å². The van der Waals surface area contributed by atoms with Gasteiger partial charge in [-0.3, -0.25) is 4.79 Å². The normalized spacial score (nSPS) is 10.3. The average Bonchev–Trinajstić information content (AvgIpc) is 2.33. The van der Waals surface area contributed by atoms with Crippen LogP contribution in [0, 0.1) is 10.5 Å². The minimum Gasteiger partial charge on any atom is -0.319 e. The molecule has 0 aliphatic heterocycles. The fourth-order valence-electron chi connectivity index (χ4n) is 1.56. The highest BCUT2D eigenvalue weighted by atomic mass is 127. The fraction of sp³-hybridized carbons (Fsp3) is 0.0769. The SMILES string of the molecule is Cc1cc(Cl)nc(Cl)c1NC(=O)c1cccc(I)c1. The van der Waals surface area contributed by atoms with E-state index in [2.05, 4.69) is 32.9 Å². The molecule has 1 N–H and O–H groups in total. The van der Waals surface area contributed by atoms with Crippen LogP contribution >= 0.6 is 45.8 Å². The van der Waals surface area contributed by atoms with Crippen LogP contribution in [0.2, 0.25) is 10.3 Å². The van der Waals surface area contributed by atoms with Crippen molar-refractivity contribution in [3.63, 3.8) is 0 Å². The average molecular weight is 407 g/mol. The van der Waals surface area contributed by atoms with Crippen molar-refractivity contribution in [2.75, 3.05) is 5.32 Å².